The second-order valence-electron chi connectivity index (χ2n) is 2.64. The molecular weight excluding hydrogens is 118 g/mol. The third-order valence-electron chi connectivity index (χ3n) is 1.82. The van der Waals surface area contributed by atoms with Crippen LogP contribution in [-0.4, -0.2) is 11.0 Å². The molecule has 0 bridgehead atoms. The molecule has 0 N–H and O–H groups in total. The first-order chi connectivity index (χ1) is 4.25. The van der Waals surface area contributed by atoms with Crippen LogP contribution < -0.4 is 0 Å². The van der Waals surface area contributed by atoms with Crippen LogP contribution in [0.25, 0.3) is 0 Å². The Morgan fingerprint density at radius 1 is 1.78 bits per heavy atom. The van der Waals surface area contributed by atoms with Crippen molar-refractivity contribution in [2.75, 3.05) is 0 Å². The minimum atomic E-state index is -0.190. The minimum absolute atomic E-state index is 0.152. The lowest BCUT2D eigenvalue weighted by Crippen LogP contribution is -2.02. The lowest BCUT2D eigenvalue weighted by atomic mass is 10.2. The van der Waals surface area contributed by atoms with Gasteiger partial charge >= 0.3 is 0 Å². The van der Waals surface area contributed by atoms with Crippen molar-refractivity contribution < 1.29 is 4.92 Å². The van der Waals surface area contributed by atoms with Gasteiger partial charge in [0.25, 0.3) is 0 Å². The van der Waals surface area contributed by atoms with Crippen LogP contribution >= 0.6 is 0 Å². The summed E-state index contributed by atoms with van der Waals surface area (Å²) in [6, 6.07) is -0.190. The van der Waals surface area contributed by atoms with Gasteiger partial charge in [0.15, 0.2) is 0 Å². The van der Waals surface area contributed by atoms with Crippen LogP contribution in [0.4, 0.5) is 0 Å². The highest BCUT2D eigenvalue weighted by Gasteiger charge is 2.46. The number of nitrogens with zero attached hydrogens (tertiary/aromatic N) is 1. The van der Waals surface area contributed by atoms with Crippen molar-refractivity contribution in [2.45, 2.75) is 32.2 Å². The maximum atomic E-state index is 10.1. The van der Waals surface area contributed by atoms with Crippen molar-refractivity contribution in [3.63, 3.8) is 0 Å². The molecule has 0 aromatic carbocycles. The SMILES string of the molecule is CCC[C@H]1C[C@@H]1[N+](=O)[O-]. The van der Waals surface area contributed by atoms with Gasteiger partial charge in [0.05, 0.1) is 0 Å². The van der Waals surface area contributed by atoms with Crippen LogP contribution in [0.1, 0.15) is 26.2 Å². The fourth-order valence-electron chi connectivity index (χ4n) is 1.17. The normalized spacial score (nSPS) is 32.1. The van der Waals surface area contributed by atoms with Crippen LogP contribution in [0, 0.1) is 16.0 Å². The van der Waals surface area contributed by atoms with E-state index in [1.54, 1.807) is 0 Å². The van der Waals surface area contributed by atoms with Gasteiger partial charge in [0, 0.05) is 17.3 Å². The smallest absolute Gasteiger partial charge is 0.216 e. The molecule has 0 amide bonds. The summed E-state index contributed by atoms with van der Waals surface area (Å²) in [6.07, 6.45) is 2.93. The molecule has 2 atom stereocenters. The number of hydrogen-bond donors (Lipinski definition) is 0. The molecule has 0 heterocycles. The van der Waals surface area contributed by atoms with Crippen LogP contribution in [0.3, 0.4) is 0 Å². The highest BCUT2D eigenvalue weighted by Crippen LogP contribution is 2.36. The Balaban J connectivity index is 2.17. The van der Waals surface area contributed by atoms with E-state index in [1.165, 1.54) is 0 Å². The molecule has 0 aromatic rings. The van der Waals surface area contributed by atoms with E-state index in [9.17, 15) is 10.1 Å². The van der Waals surface area contributed by atoms with Crippen LogP contribution in [0.5, 0.6) is 0 Å². The maximum Gasteiger partial charge on any atom is 0.216 e. The Hall–Kier alpha value is -0.600. The fraction of sp³-hybridized carbons (Fsp3) is 1.00. The summed E-state index contributed by atoms with van der Waals surface area (Å²) in [5.74, 6) is 0.407. The standard InChI is InChI=1S/C6H11NO2/c1-2-3-5-4-6(5)7(8)9/h5-6H,2-4H2,1H3/t5-,6-/m0/s1. The number of hydrogen-bond acceptors (Lipinski definition) is 2. The predicted molar refractivity (Wildman–Crippen MR) is 33.8 cm³/mol. The zero-order valence-corrected chi connectivity index (χ0v) is 5.54. The number of rotatable bonds is 3. The summed E-state index contributed by atoms with van der Waals surface area (Å²) >= 11 is 0. The van der Waals surface area contributed by atoms with E-state index in [0.717, 1.165) is 19.3 Å². The molecule has 0 radical (unpaired) electrons. The number of nitro groups is 1. The van der Waals surface area contributed by atoms with E-state index in [0.29, 0.717) is 5.92 Å². The van der Waals surface area contributed by atoms with Crippen molar-refractivity contribution in [1.82, 2.24) is 0 Å². The highest BCUT2D eigenvalue weighted by atomic mass is 16.6. The van der Waals surface area contributed by atoms with Crippen LogP contribution in [-0.2, 0) is 0 Å². The van der Waals surface area contributed by atoms with Crippen LogP contribution in [0.15, 0.2) is 0 Å². The van der Waals surface area contributed by atoms with Gasteiger partial charge in [0.2, 0.25) is 6.04 Å². The summed E-state index contributed by atoms with van der Waals surface area (Å²) in [4.78, 5) is 9.90. The van der Waals surface area contributed by atoms with E-state index in [2.05, 4.69) is 6.92 Å². The first-order valence-corrected chi connectivity index (χ1v) is 3.39. The van der Waals surface area contributed by atoms with Crippen molar-refractivity contribution in [3.05, 3.63) is 10.1 Å². The predicted octanol–water partition coefficient (Wildman–Crippen LogP) is 1.45. The first-order valence-electron chi connectivity index (χ1n) is 3.39. The monoisotopic (exact) mass is 129 g/mol. The fourth-order valence-corrected chi connectivity index (χ4v) is 1.17. The molecule has 1 aliphatic rings. The quantitative estimate of drug-likeness (QED) is 0.427. The summed E-state index contributed by atoms with van der Waals surface area (Å²) < 4.78 is 0. The van der Waals surface area contributed by atoms with Crippen LogP contribution in [0.2, 0.25) is 0 Å². The molecule has 9 heavy (non-hydrogen) atoms. The zero-order chi connectivity index (χ0) is 6.85. The van der Waals surface area contributed by atoms with E-state index >= 15 is 0 Å². The van der Waals surface area contributed by atoms with Gasteiger partial charge in [-0.05, 0) is 6.42 Å². The molecular formula is C6H11NO2. The second kappa shape index (κ2) is 2.33. The van der Waals surface area contributed by atoms with Gasteiger partial charge in [-0.25, -0.2) is 0 Å². The molecule has 0 spiro atoms. The maximum absolute atomic E-state index is 10.1. The molecule has 3 heteroatoms. The second-order valence-corrected chi connectivity index (χ2v) is 2.64. The van der Waals surface area contributed by atoms with Gasteiger partial charge in [-0.1, -0.05) is 13.3 Å². The Bertz CT molecular complexity index is 124. The van der Waals surface area contributed by atoms with E-state index in [4.69, 9.17) is 0 Å². The van der Waals surface area contributed by atoms with E-state index in [-0.39, 0.29) is 11.0 Å². The summed E-state index contributed by atoms with van der Waals surface area (Å²) in [5, 5.41) is 10.1. The highest BCUT2D eigenvalue weighted by molar-refractivity contribution is 4.85. The molecule has 1 aliphatic carbocycles. The van der Waals surface area contributed by atoms with Crippen molar-refractivity contribution in [2.24, 2.45) is 5.92 Å². The average Bonchev–Trinajstić information content (AvgIpc) is 2.47. The van der Waals surface area contributed by atoms with Gasteiger partial charge in [-0.2, -0.15) is 0 Å². The lowest BCUT2D eigenvalue weighted by molar-refractivity contribution is -0.498. The molecule has 0 saturated heterocycles. The Morgan fingerprint density at radius 3 is 2.78 bits per heavy atom. The molecule has 0 unspecified atom stereocenters. The molecule has 1 saturated carbocycles. The summed E-state index contributed by atoms with van der Waals surface area (Å²) in [6.45, 7) is 2.06. The van der Waals surface area contributed by atoms with Crippen molar-refractivity contribution in [3.8, 4) is 0 Å². The molecule has 52 valence electrons. The Kier molecular flexibility index (Phi) is 1.69. The van der Waals surface area contributed by atoms with Gasteiger partial charge < -0.3 is 0 Å². The topological polar surface area (TPSA) is 43.1 Å². The largest absolute Gasteiger partial charge is 0.264 e. The van der Waals surface area contributed by atoms with Gasteiger partial charge in [0.1, 0.15) is 0 Å². The molecule has 0 aliphatic heterocycles. The molecule has 3 nitrogen and oxygen atoms in total. The van der Waals surface area contributed by atoms with Gasteiger partial charge in [-0.15, -0.1) is 0 Å². The van der Waals surface area contributed by atoms with Crippen molar-refractivity contribution in [1.29, 1.82) is 0 Å². The molecule has 1 rings (SSSR count). The molecule has 0 aromatic heterocycles. The van der Waals surface area contributed by atoms with Crippen molar-refractivity contribution >= 4 is 0 Å². The Labute approximate surface area is 54.2 Å². The van der Waals surface area contributed by atoms with Gasteiger partial charge in [-0.3, -0.25) is 10.1 Å². The Morgan fingerprint density at radius 2 is 2.44 bits per heavy atom. The van der Waals surface area contributed by atoms with E-state index in [1.807, 2.05) is 0 Å². The third kappa shape index (κ3) is 1.40. The first kappa shape index (κ1) is 6.52. The summed E-state index contributed by atoms with van der Waals surface area (Å²) in [7, 11) is 0. The average molecular weight is 129 g/mol. The zero-order valence-electron chi connectivity index (χ0n) is 5.54. The minimum Gasteiger partial charge on any atom is -0.264 e. The lowest BCUT2D eigenvalue weighted by Gasteiger charge is -1.87. The third-order valence-corrected chi connectivity index (χ3v) is 1.82. The van der Waals surface area contributed by atoms with E-state index < -0.39 is 0 Å². The summed E-state index contributed by atoms with van der Waals surface area (Å²) in [5.41, 5.74) is 0. The molecule has 1 fully saturated rings.